The Labute approximate surface area is 136 Å². The lowest BCUT2D eigenvalue weighted by molar-refractivity contribution is -0.122. The van der Waals surface area contributed by atoms with E-state index >= 15 is 0 Å². The molecule has 1 amide bonds. The molecule has 0 aliphatic carbocycles. The molecule has 22 heavy (non-hydrogen) atoms. The summed E-state index contributed by atoms with van der Waals surface area (Å²) in [6.45, 7) is 5.33. The van der Waals surface area contributed by atoms with Gasteiger partial charge in [0, 0.05) is 7.05 Å². The van der Waals surface area contributed by atoms with Crippen LogP contribution in [0.3, 0.4) is 0 Å². The fourth-order valence-corrected chi connectivity index (χ4v) is 2.44. The smallest absolute Gasteiger partial charge is 0.265 e. The van der Waals surface area contributed by atoms with Crippen LogP contribution < -0.4 is 10.1 Å². The molecule has 0 bridgehead atoms. The molecular weight excluding hydrogens is 353 g/mol. The molecule has 118 valence electrons. The maximum atomic E-state index is 13.0. The van der Waals surface area contributed by atoms with Crippen molar-refractivity contribution in [2.75, 3.05) is 5.32 Å². The summed E-state index contributed by atoms with van der Waals surface area (Å²) < 4.78 is 20.8. The van der Waals surface area contributed by atoms with Crippen LogP contribution in [0.2, 0.25) is 0 Å². The number of hydrogen-bond acceptors (Lipinski definition) is 3. The largest absolute Gasteiger partial charge is 0.480 e. The van der Waals surface area contributed by atoms with Gasteiger partial charge in [-0.2, -0.15) is 5.10 Å². The minimum atomic E-state index is -0.735. The van der Waals surface area contributed by atoms with Gasteiger partial charge in [-0.15, -0.1) is 0 Å². The second kappa shape index (κ2) is 6.48. The van der Waals surface area contributed by atoms with Gasteiger partial charge >= 0.3 is 0 Å². The van der Waals surface area contributed by atoms with Crippen molar-refractivity contribution in [3.8, 4) is 5.75 Å². The van der Waals surface area contributed by atoms with E-state index in [0.717, 1.165) is 11.4 Å². The lowest BCUT2D eigenvalue weighted by atomic mass is 10.2. The van der Waals surface area contributed by atoms with Crippen molar-refractivity contribution in [3.63, 3.8) is 0 Å². The molecule has 1 aromatic carbocycles. The summed E-state index contributed by atoms with van der Waals surface area (Å²) in [5.74, 6) is -0.267. The van der Waals surface area contributed by atoms with E-state index in [0.29, 0.717) is 15.9 Å². The normalized spacial score (nSPS) is 12.1. The average molecular weight is 370 g/mol. The molecule has 1 atom stereocenters. The Morgan fingerprint density at radius 3 is 2.68 bits per heavy atom. The Bertz CT molecular complexity index is 715. The van der Waals surface area contributed by atoms with Crippen molar-refractivity contribution in [1.82, 2.24) is 9.78 Å². The van der Waals surface area contributed by atoms with Crippen LogP contribution in [0.15, 0.2) is 22.7 Å². The van der Waals surface area contributed by atoms with Crippen molar-refractivity contribution in [2.24, 2.45) is 7.05 Å². The van der Waals surface area contributed by atoms with Gasteiger partial charge in [0.1, 0.15) is 11.6 Å². The molecule has 0 aliphatic heterocycles. The fraction of sp³-hybridized carbons (Fsp3) is 0.333. The van der Waals surface area contributed by atoms with Gasteiger partial charge in [0.05, 0.1) is 21.5 Å². The summed E-state index contributed by atoms with van der Waals surface area (Å²) in [5, 5.41) is 7.06. The number of aromatic nitrogens is 2. The first-order chi connectivity index (χ1) is 10.3. The minimum absolute atomic E-state index is 0.296. The first kappa shape index (κ1) is 16.5. The monoisotopic (exact) mass is 369 g/mol. The minimum Gasteiger partial charge on any atom is -0.480 e. The SMILES string of the molecule is Cc1nn(C)c(C)c1NC(=O)[C@@H](C)Oc1ccc(F)cc1Br. The first-order valence-corrected chi connectivity index (χ1v) is 7.51. The average Bonchev–Trinajstić information content (AvgIpc) is 2.68. The van der Waals surface area contributed by atoms with Gasteiger partial charge in [-0.05, 0) is 54.9 Å². The molecule has 0 unspecified atom stereocenters. The predicted molar refractivity (Wildman–Crippen MR) is 85.5 cm³/mol. The number of amides is 1. The van der Waals surface area contributed by atoms with Crippen LogP contribution in [0.5, 0.6) is 5.75 Å². The molecule has 0 saturated heterocycles. The molecule has 1 aromatic heterocycles. The van der Waals surface area contributed by atoms with Crippen molar-refractivity contribution < 1.29 is 13.9 Å². The third kappa shape index (κ3) is 3.47. The number of halogens is 2. The zero-order valence-corrected chi connectivity index (χ0v) is 14.4. The standard InChI is InChI=1S/C15H17BrFN3O2/c1-8-14(9(2)20(4)19-8)18-15(21)10(3)22-13-6-5-11(17)7-12(13)16/h5-7,10H,1-4H3,(H,18,21)/t10-/m1/s1. The third-order valence-electron chi connectivity index (χ3n) is 3.32. The van der Waals surface area contributed by atoms with E-state index in [9.17, 15) is 9.18 Å². The van der Waals surface area contributed by atoms with E-state index < -0.39 is 6.10 Å². The molecule has 7 heteroatoms. The topological polar surface area (TPSA) is 56.2 Å². The highest BCUT2D eigenvalue weighted by molar-refractivity contribution is 9.10. The van der Waals surface area contributed by atoms with Crippen LogP contribution in [0.1, 0.15) is 18.3 Å². The lowest BCUT2D eigenvalue weighted by Gasteiger charge is -2.16. The second-order valence-corrected chi connectivity index (χ2v) is 5.85. The molecule has 1 N–H and O–H groups in total. The molecule has 2 rings (SSSR count). The summed E-state index contributed by atoms with van der Waals surface area (Å²) in [6.07, 6.45) is -0.735. The predicted octanol–water partition coefficient (Wildman–Crippen LogP) is 3.34. The van der Waals surface area contributed by atoms with Gasteiger partial charge in [-0.3, -0.25) is 9.48 Å². The molecule has 0 fully saturated rings. The molecule has 0 spiro atoms. The molecular formula is C15H17BrFN3O2. The number of ether oxygens (including phenoxy) is 1. The zero-order valence-electron chi connectivity index (χ0n) is 12.8. The zero-order chi connectivity index (χ0) is 16.4. The van der Waals surface area contributed by atoms with Crippen LogP contribution in [0, 0.1) is 19.7 Å². The van der Waals surface area contributed by atoms with Crippen LogP contribution in [0.4, 0.5) is 10.1 Å². The number of carbonyl (C=O) groups is 1. The van der Waals surface area contributed by atoms with Gasteiger partial charge < -0.3 is 10.1 Å². The molecule has 5 nitrogen and oxygen atoms in total. The fourth-order valence-electron chi connectivity index (χ4n) is 1.99. The van der Waals surface area contributed by atoms with Crippen LogP contribution in [-0.4, -0.2) is 21.8 Å². The van der Waals surface area contributed by atoms with Gasteiger partial charge in [0.2, 0.25) is 0 Å². The number of benzene rings is 1. The van der Waals surface area contributed by atoms with E-state index in [1.165, 1.54) is 18.2 Å². The number of aryl methyl sites for hydroxylation is 2. The first-order valence-electron chi connectivity index (χ1n) is 6.72. The molecule has 0 radical (unpaired) electrons. The molecule has 2 aromatic rings. The van der Waals surface area contributed by atoms with Crippen molar-refractivity contribution in [3.05, 3.63) is 39.9 Å². The molecule has 0 saturated carbocycles. The lowest BCUT2D eigenvalue weighted by Crippen LogP contribution is -2.30. The van der Waals surface area contributed by atoms with E-state index in [2.05, 4.69) is 26.3 Å². The summed E-state index contributed by atoms with van der Waals surface area (Å²) in [6, 6.07) is 4.04. The van der Waals surface area contributed by atoms with E-state index in [1.807, 2.05) is 20.9 Å². The number of carbonyl (C=O) groups excluding carboxylic acids is 1. The van der Waals surface area contributed by atoms with Crippen LogP contribution >= 0.6 is 15.9 Å². The second-order valence-electron chi connectivity index (χ2n) is 4.99. The number of nitrogens with zero attached hydrogens (tertiary/aromatic N) is 2. The molecule has 1 heterocycles. The van der Waals surface area contributed by atoms with E-state index in [4.69, 9.17) is 4.74 Å². The summed E-state index contributed by atoms with van der Waals surface area (Å²) in [4.78, 5) is 12.2. The van der Waals surface area contributed by atoms with Gasteiger partial charge in [0.25, 0.3) is 5.91 Å². The van der Waals surface area contributed by atoms with Gasteiger partial charge in [0.15, 0.2) is 6.10 Å². The van der Waals surface area contributed by atoms with Gasteiger partial charge in [-0.1, -0.05) is 0 Å². The third-order valence-corrected chi connectivity index (χ3v) is 3.94. The number of nitrogens with one attached hydrogen (secondary N) is 1. The maximum Gasteiger partial charge on any atom is 0.265 e. The highest BCUT2D eigenvalue weighted by Crippen LogP contribution is 2.27. The Kier molecular flexibility index (Phi) is 4.85. The summed E-state index contributed by atoms with van der Waals surface area (Å²) >= 11 is 3.21. The number of hydrogen-bond donors (Lipinski definition) is 1. The van der Waals surface area contributed by atoms with Crippen molar-refractivity contribution >= 4 is 27.5 Å². The van der Waals surface area contributed by atoms with Crippen molar-refractivity contribution in [2.45, 2.75) is 26.9 Å². The van der Waals surface area contributed by atoms with E-state index in [1.54, 1.807) is 11.6 Å². The quantitative estimate of drug-likeness (QED) is 0.898. The highest BCUT2D eigenvalue weighted by Gasteiger charge is 2.19. The Morgan fingerprint density at radius 1 is 1.45 bits per heavy atom. The Morgan fingerprint density at radius 2 is 2.14 bits per heavy atom. The summed E-state index contributed by atoms with van der Waals surface area (Å²) in [5.41, 5.74) is 2.28. The number of rotatable bonds is 4. The van der Waals surface area contributed by atoms with Crippen LogP contribution in [0.25, 0.3) is 0 Å². The van der Waals surface area contributed by atoms with Crippen molar-refractivity contribution in [1.29, 1.82) is 0 Å². The highest BCUT2D eigenvalue weighted by atomic mass is 79.9. The van der Waals surface area contributed by atoms with Gasteiger partial charge in [-0.25, -0.2) is 4.39 Å². The Balaban J connectivity index is 2.09. The molecule has 0 aliphatic rings. The number of anilines is 1. The van der Waals surface area contributed by atoms with E-state index in [-0.39, 0.29) is 11.7 Å². The maximum absolute atomic E-state index is 13.0. The Hall–Kier alpha value is -1.89. The summed E-state index contributed by atoms with van der Waals surface area (Å²) in [7, 11) is 1.81. The van der Waals surface area contributed by atoms with Crippen LogP contribution in [-0.2, 0) is 11.8 Å².